The number of benzene rings is 1. The van der Waals surface area contributed by atoms with Crippen LogP contribution in [0.4, 0.5) is 0 Å². The van der Waals surface area contributed by atoms with Gasteiger partial charge in [0.05, 0.1) is 6.07 Å². The van der Waals surface area contributed by atoms with Crippen molar-refractivity contribution < 1.29 is 0 Å². The van der Waals surface area contributed by atoms with Crippen LogP contribution in [-0.2, 0) is 6.54 Å². The average molecular weight is 335 g/mol. The zero-order chi connectivity index (χ0) is 17.4. The number of nitriles is 1. The molecule has 0 amide bonds. The molecule has 0 spiro atoms. The zero-order valence-electron chi connectivity index (χ0n) is 15.6. The number of hydrogen-bond acceptors (Lipinski definition) is 2. The predicted octanol–water partition coefficient (Wildman–Crippen LogP) is 5.26. The van der Waals surface area contributed by atoms with Crippen LogP contribution in [-0.4, -0.2) is 23.0 Å². The Morgan fingerprint density at radius 2 is 2.08 bits per heavy atom. The molecule has 2 fully saturated rings. The van der Waals surface area contributed by atoms with Crippen LogP contribution in [0, 0.1) is 23.7 Å². The molecule has 1 N–H and O–H groups in total. The highest BCUT2D eigenvalue weighted by molar-refractivity contribution is 5.87. The van der Waals surface area contributed by atoms with Crippen LogP contribution in [0.2, 0.25) is 0 Å². The van der Waals surface area contributed by atoms with Crippen molar-refractivity contribution in [1.29, 1.82) is 5.26 Å². The monoisotopic (exact) mass is 335 g/mol. The van der Waals surface area contributed by atoms with Gasteiger partial charge in [0, 0.05) is 30.1 Å². The zero-order valence-corrected chi connectivity index (χ0v) is 15.6. The van der Waals surface area contributed by atoms with Crippen molar-refractivity contribution in [2.45, 2.75) is 64.8 Å². The molecule has 1 aliphatic heterocycles. The summed E-state index contributed by atoms with van der Waals surface area (Å²) in [6.07, 6.45) is 8.99. The Balaban J connectivity index is 1.54. The van der Waals surface area contributed by atoms with Crippen LogP contribution in [0.3, 0.4) is 0 Å². The summed E-state index contributed by atoms with van der Waals surface area (Å²) >= 11 is 0. The first-order chi connectivity index (χ1) is 12.1. The summed E-state index contributed by atoms with van der Waals surface area (Å²) in [5.41, 5.74) is 6.22. The molecule has 0 atom stereocenters. The lowest BCUT2D eigenvalue weighted by Gasteiger charge is -2.39. The van der Waals surface area contributed by atoms with Crippen LogP contribution >= 0.6 is 0 Å². The molecule has 4 rings (SSSR count). The Labute approximate surface area is 151 Å². The van der Waals surface area contributed by atoms with Gasteiger partial charge in [0.15, 0.2) is 0 Å². The van der Waals surface area contributed by atoms with Crippen molar-refractivity contribution in [3.05, 3.63) is 35.0 Å². The van der Waals surface area contributed by atoms with Crippen molar-refractivity contribution in [1.82, 2.24) is 9.88 Å². The molecule has 2 aromatic rings. The predicted molar refractivity (Wildman–Crippen MR) is 102 cm³/mol. The van der Waals surface area contributed by atoms with Crippen molar-refractivity contribution in [3.8, 4) is 6.07 Å². The average Bonchev–Trinajstić information content (AvgIpc) is 3.33. The second-order valence-corrected chi connectivity index (χ2v) is 8.55. The first-order valence-electron chi connectivity index (χ1n) is 9.78. The van der Waals surface area contributed by atoms with Crippen molar-refractivity contribution in [3.63, 3.8) is 0 Å². The Kier molecular flexibility index (Phi) is 4.33. The molecule has 2 heterocycles. The van der Waals surface area contributed by atoms with Gasteiger partial charge in [-0.2, -0.15) is 5.26 Å². The van der Waals surface area contributed by atoms with E-state index in [1.54, 1.807) is 11.1 Å². The largest absolute Gasteiger partial charge is 0.361 e. The van der Waals surface area contributed by atoms with Gasteiger partial charge in [-0.25, -0.2) is 0 Å². The molecule has 0 bridgehead atoms. The molecule has 132 valence electrons. The van der Waals surface area contributed by atoms with Crippen LogP contribution in [0.1, 0.15) is 68.1 Å². The summed E-state index contributed by atoms with van der Waals surface area (Å²) in [6.45, 7) is 8.00. The first kappa shape index (κ1) is 16.7. The summed E-state index contributed by atoms with van der Waals surface area (Å²) < 4.78 is 0. The van der Waals surface area contributed by atoms with Gasteiger partial charge < -0.3 is 4.98 Å². The Hall–Kier alpha value is -1.79. The molecule has 1 aliphatic carbocycles. The fourth-order valence-electron chi connectivity index (χ4n) is 4.51. The minimum absolute atomic E-state index is 0.363. The van der Waals surface area contributed by atoms with E-state index in [-0.39, 0.29) is 0 Å². The summed E-state index contributed by atoms with van der Waals surface area (Å²) in [7, 11) is 0. The number of nitrogens with one attached hydrogen (secondary N) is 1. The third-order valence-corrected chi connectivity index (χ3v) is 6.49. The lowest BCUT2D eigenvalue weighted by atomic mass is 9.77. The van der Waals surface area contributed by atoms with E-state index >= 15 is 0 Å². The van der Waals surface area contributed by atoms with Gasteiger partial charge in [0.1, 0.15) is 0 Å². The van der Waals surface area contributed by atoms with E-state index in [0.29, 0.717) is 11.8 Å². The maximum Gasteiger partial charge on any atom is 0.0621 e. The van der Waals surface area contributed by atoms with E-state index in [9.17, 15) is 0 Å². The van der Waals surface area contributed by atoms with E-state index < -0.39 is 0 Å². The molecule has 3 heteroatoms. The number of fused-ring (bicyclic) bond motifs is 1. The summed E-state index contributed by atoms with van der Waals surface area (Å²) in [4.78, 5) is 6.08. The van der Waals surface area contributed by atoms with E-state index in [1.165, 1.54) is 42.1 Å². The number of aryl methyl sites for hydroxylation is 1. The molecule has 1 saturated heterocycles. The highest BCUT2D eigenvalue weighted by Gasteiger charge is 2.32. The fourth-order valence-corrected chi connectivity index (χ4v) is 4.51. The van der Waals surface area contributed by atoms with Gasteiger partial charge in [-0.3, -0.25) is 4.90 Å². The third-order valence-electron chi connectivity index (χ3n) is 6.49. The van der Waals surface area contributed by atoms with Gasteiger partial charge in [-0.05, 0) is 86.2 Å². The third kappa shape index (κ3) is 3.33. The van der Waals surface area contributed by atoms with Crippen LogP contribution < -0.4 is 0 Å². The SMILES string of the molecule is Cc1cc(C2CC2)c(CN2CCC(C)(CCC#N)CC2)c2cc[nH]c12. The quantitative estimate of drug-likeness (QED) is 0.810. The first-order valence-corrected chi connectivity index (χ1v) is 9.78. The topological polar surface area (TPSA) is 42.8 Å². The molecular formula is C22H29N3. The van der Waals surface area contributed by atoms with E-state index in [0.717, 1.165) is 32.0 Å². The minimum Gasteiger partial charge on any atom is -0.361 e. The lowest BCUT2D eigenvalue weighted by molar-refractivity contribution is 0.107. The molecule has 0 radical (unpaired) electrons. The number of piperidine rings is 1. The Morgan fingerprint density at radius 1 is 1.32 bits per heavy atom. The highest BCUT2D eigenvalue weighted by Crippen LogP contribution is 2.45. The van der Waals surface area contributed by atoms with Gasteiger partial charge in [-0.1, -0.05) is 13.0 Å². The summed E-state index contributed by atoms with van der Waals surface area (Å²) in [5.74, 6) is 0.790. The number of hydrogen-bond donors (Lipinski definition) is 1. The van der Waals surface area contributed by atoms with Crippen molar-refractivity contribution in [2.24, 2.45) is 5.41 Å². The normalized spacial score (nSPS) is 20.7. The molecule has 3 nitrogen and oxygen atoms in total. The lowest BCUT2D eigenvalue weighted by Crippen LogP contribution is -2.38. The second kappa shape index (κ2) is 6.50. The molecule has 1 aromatic carbocycles. The van der Waals surface area contributed by atoms with Crippen LogP contribution in [0.5, 0.6) is 0 Å². The fraction of sp³-hybridized carbons (Fsp3) is 0.591. The number of nitrogens with zero attached hydrogens (tertiary/aromatic N) is 2. The van der Waals surface area contributed by atoms with Crippen molar-refractivity contribution >= 4 is 10.9 Å². The molecule has 1 aromatic heterocycles. The van der Waals surface area contributed by atoms with Crippen molar-refractivity contribution in [2.75, 3.05) is 13.1 Å². The number of likely N-dealkylation sites (tertiary alicyclic amines) is 1. The molecule has 1 saturated carbocycles. The molecule has 2 aliphatic rings. The van der Waals surface area contributed by atoms with E-state index in [4.69, 9.17) is 5.26 Å². The number of H-pyrrole nitrogens is 1. The molecular weight excluding hydrogens is 306 g/mol. The molecule has 25 heavy (non-hydrogen) atoms. The van der Waals surface area contributed by atoms with Crippen LogP contribution in [0.15, 0.2) is 18.3 Å². The number of rotatable bonds is 5. The number of aromatic amines is 1. The van der Waals surface area contributed by atoms with Gasteiger partial charge in [0.25, 0.3) is 0 Å². The smallest absolute Gasteiger partial charge is 0.0621 e. The number of aromatic nitrogens is 1. The maximum atomic E-state index is 8.89. The Bertz CT molecular complexity index is 799. The summed E-state index contributed by atoms with van der Waals surface area (Å²) in [6, 6.07) is 7.03. The van der Waals surface area contributed by atoms with E-state index in [2.05, 4.69) is 48.1 Å². The van der Waals surface area contributed by atoms with E-state index in [1.807, 2.05) is 0 Å². The minimum atomic E-state index is 0.363. The molecule has 0 unspecified atom stereocenters. The second-order valence-electron chi connectivity index (χ2n) is 8.55. The van der Waals surface area contributed by atoms with Gasteiger partial charge in [0.2, 0.25) is 0 Å². The van der Waals surface area contributed by atoms with Gasteiger partial charge >= 0.3 is 0 Å². The van der Waals surface area contributed by atoms with Crippen LogP contribution in [0.25, 0.3) is 10.9 Å². The highest BCUT2D eigenvalue weighted by atomic mass is 15.1. The maximum absolute atomic E-state index is 8.89. The Morgan fingerprint density at radius 3 is 2.76 bits per heavy atom. The summed E-state index contributed by atoms with van der Waals surface area (Å²) in [5, 5.41) is 10.3. The van der Waals surface area contributed by atoms with Gasteiger partial charge in [-0.15, -0.1) is 0 Å². The standard InChI is InChI=1S/C22H29N3/c1-16-14-19(17-4-5-17)20(18-6-11-24-21(16)18)15-25-12-8-22(2,9-13-25)7-3-10-23/h6,11,14,17,24H,3-5,7-9,12-13,15H2,1-2H3.